The quantitative estimate of drug-likeness (QED) is 0.326. The van der Waals surface area contributed by atoms with E-state index in [9.17, 15) is 4.79 Å². The molecule has 1 unspecified atom stereocenters. The van der Waals surface area contributed by atoms with Crippen LogP contribution in [0, 0.1) is 0 Å². The van der Waals surface area contributed by atoms with E-state index in [0.29, 0.717) is 37.0 Å². The van der Waals surface area contributed by atoms with E-state index in [2.05, 4.69) is 32.8 Å². The topological polar surface area (TPSA) is 87.2 Å². The summed E-state index contributed by atoms with van der Waals surface area (Å²) in [5.41, 5.74) is 0.583. The van der Waals surface area contributed by atoms with Crippen LogP contribution in [0.3, 0.4) is 0 Å². The Bertz CT molecular complexity index is 632. The standard InChI is InChI=1S/C20H33N5O3/c1-4-21-20(24-15-16(2)25-10-12-28-13-11-25)23-9-8-22-19(26)17-6-5-7-18(14-17)27-3/h5-7,14,16H,4,8-13,15H2,1-3H3,(H,22,26)(H2,21,23,24). The number of rotatable bonds is 9. The van der Waals surface area contributed by atoms with Crippen molar-refractivity contribution in [2.24, 2.45) is 4.99 Å². The molecule has 1 aromatic rings. The molecule has 0 bridgehead atoms. The second kappa shape index (κ2) is 12.2. The van der Waals surface area contributed by atoms with Gasteiger partial charge in [-0.05, 0) is 32.0 Å². The molecule has 1 aliphatic heterocycles. The summed E-state index contributed by atoms with van der Waals surface area (Å²) in [6, 6.07) is 7.48. The van der Waals surface area contributed by atoms with Crippen LogP contribution in [0.25, 0.3) is 0 Å². The van der Waals surface area contributed by atoms with E-state index in [1.54, 1.807) is 25.3 Å². The molecule has 0 radical (unpaired) electrons. The van der Waals surface area contributed by atoms with Crippen LogP contribution in [0.5, 0.6) is 5.75 Å². The maximum Gasteiger partial charge on any atom is 0.251 e. The summed E-state index contributed by atoms with van der Waals surface area (Å²) in [7, 11) is 1.59. The first-order chi connectivity index (χ1) is 13.6. The molecule has 0 aliphatic carbocycles. The van der Waals surface area contributed by atoms with Gasteiger partial charge in [-0.25, -0.2) is 0 Å². The van der Waals surface area contributed by atoms with Crippen LogP contribution in [-0.2, 0) is 4.74 Å². The lowest BCUT2D eigenvalue weighted by Gasteiger charge is -2.31. The summed E-state index contributed by atoms with van der Waals surface area (Å²) in [5, 5.41) is 9.41. The van der Waals surface area contributed by atoms with Crippen LogP contribution in [0.4, 0.5) is 0 Å². The summed E-state index contributed by atoms with van der Waals surface area (Å²) in [5.74, 6) is 1.31. The second-order valence-corrected chi connectivity index (χ2v) is 6.63. The van der Waals surface area contributed by atoms with E-state index in [-0.39, 0.29) is 5.91 Å². The van der Waals surface area contributed by atoms with E-state index < -0.39 is 0 Å². The monoisotopic (exact) mass is 391 g/mol. The zero-order valence-corrected chi connectivity index (χ0v) is 17.2. The Morgan fingerprint density at radius 3 is 2.71 bits per heavy atom. The minimum atomic E-state index is -0.122. The number of aliphatic imine (C=N–C) groups is 1. The van der Waals surface area contributed by atoms with Crippen molar-refractivity contribution in [3.05, 3.63) is 29.8 Å². The Hall–Kier alpha value is -2.32. The van der Waals surface area contributed by atoms with Crippen LogP contribution in [-0.4, -0.2) is 82.4 Å². The number of nitrogens with zero attached hydrogens (tertiary/aromatic N) is 2. The van der Waals surface area contributed by atoms with Crippen molar-refractivity contribution in [3.8, 4) is 5.75 Å². The van der Waals surface area contributed by atoms with Crippen LogP contribution < -0.4 is 20.7 Å². The Balaban J connectivity index is 1.74. The highest BCUT2D eigenvalue weighted by molar-refractivity contribution is 5.94. The van der Waals surface area contributed by atoms with Crippen LogP contribution in [0.2, 0.25) is 0 Å². The van der Waals surface area contributed by atoms with Crippen molar-refractivity contribution in [1.29, 1.82) is 0 Å². The van der Waals surface area contributed by atoms with Crippen molar-refractivity contribution in [2.45, 2.75) is 19.9 Å². The van der Waals surface area contributed by atoms with Gasteiger partial charge in [-0.3, -0.25) is 14.7 Å². The molecular weight excluding hydrogens is 358 g/mol. The maximum atomic E-state index is 12.2. The molecule has 0 spiro atoms. The van der Waals surface area contributed by atoms with Gasteiger partial charge in [-0.15, -0.1) is 0 Å². The fourth-order valence-electron chi connectivity index (χ4n) is 2.92. The minimum absolute atomic E-state index is 0.122. The molecule has 156 valence electrons. The number of guanidine groups is 1. The summed E-state index contributed by atoms with van der Waals surface area (Å²) in [4.78, 5) is 19.3. The van der Waals surface area contributed by atoms with Crippen molar-refractivity contribution in [3.63, 3.8) is 0 Å². The van der Waals surface area contributed by atoms with E-state index in [1.807, 2.05) is 13.0 Å². The third kappa shape index (κ3) is 7.36. The molecule has 1 aromatic carbocycles. The van der Waals surface area contributed by atoms with Gasteiger partial charge >= 0.3 is 0 Å². The number of methoxy groups -OCH3 is 1. The van der Waals surface area contributed by atoms with E-state index in [0.717, 1.165) is 38.8 Å². The highest BCUT2D eigenvalue weighted by Crippen LogP contribution is 2.12. The lowest BCUT2D eigenvalue weighted by molar-refractivity contribution is 0.0220. The van der Waals surface area contributed by atoms with Gasteiger partial charge in [-0.1, -0.05) is 6.07 Å². The summed E-state index contributed by atoms with van der Waals surface area (Å²) in [6.07, 6.45) is 0. The Morgan fingerprint density at radius 1 is 1.25 bits per heavy atom. The van der Waals surface area contributed by atoms with Crippen LogP contribution in [0.1, 0.15) is 24.2 Å². The first-order valence-electron chi connectivity index (χ1n) is 9.90. The number of benzene rings is 1. The Morgan fingerprint density at radius 2 is 2.00 bits per heavy atom. The zero-order chi connectivity index (χ0) is 20.2. The first-order valence-corrected chi connectivity index (χ1v) is 9.90. The molecule has 0 aromatic heterocycles. The number of hydrogen-bond acceptors (Lipinski definition) is 5. The Kier molecular flexibility index (Phi) is 9.57. The molecular formula is C20H33N5O3. The van der Waals surface area contributed by atoms with E-state index in [4.69, 9.17) is 9.47 Å². The van der Waals surface area contributed by atoms with Gasteiger partial charge in [0.2, 0.25) is 0 Å². The predicted molar refractivity (Wildman–Crippen MR) is 111 cm³/mol. The average Bonchev–Trinajstić information content (AvgIpc) is 2.75. The number of carbonyl (C=O) groups excluding carboxylic acids is 1. The molecule has 1 amide bonds. The van der Waals surface area contributed by atoms with Crippen molar-refractivity contribution < 1.29 is 14.3 Å². The lowest BCUT2D eigenvalue weighted by Crippen LogP contribution is -2.45. The van der Waals surface area contributed by atoms with Crippen molar-refractivity contribution in [1.82, 2.24) is 20.9 Å². The van der Waals surface area contributed by atoms with Gasteiger partial charge in [0.05, 0.1) is 26.9 Å². The third-order valence-corrected chi connectivity index (χ3v) is 4.56. The molecule has 1 fully saturated rings. The molecule has 1 heterocycles. The SMILES string of the molecule is CCNC(=NCC(C)N1CCOCC1)NCCNC(=O)c1cccc(OC)c1. The smallest absolute Gasteiger partial charge is 0.251 e. The highest BCUT2D eigenvalue weighted by Gasteiger charge is 2.16. The van der Waals surface area contributed by atoms with Gasteiger partial charge in [0, 0.05) is 44.3 Å². The molecule has 2 rings (SSSR count). The minimum Gasteiger partial charge on any atom is -0.497 e. The summed E-state index contributed by atoms with van der Waals surface area (Å²) < 4.78 is 10.6. The largest absolute Gasteiger partial charge is 0.497 e. The molecule has 8 heteroatoms. The molecule has 28 heavy (non-hydrogen) atoms. The summed E-state index contributed by atoms with van der Waals surface area (Å²) in [6.45, 7) is 10.3. The number of amides is 1. The number of nitrogens with one attached hydrogen (secondary N) is 3. The lowest BCUT2D eigenvalue weighted by atomic mass is 10.2. The predicted octanol–water partition coefficient (Wildman–Crippen LogP) is 0.701. The average molecular weight is 392 g/mol. The second-order valence-electron chi connectivity index (χ2n) is 6.63. The van der Waals surface area contributed by atoms with E-state index in [1.165, 1.54) is 0 Å². The number of morpholine rings is 1. The molecule has 3 N–H and O–H groups in total. The Labute approximate surface area is 167 Å². The van der Waals surface area contributed by atoms with Gasteiger partial charge < -0.3 is 25.4 Å². The van der Waals surface area contributed by atoms with Gasteiger partial charge in [0.15, 0.2) is 5.96 Å². The maximum absolute atomic E-state index is 12.2. The number of hydrogen-bond donors (Lipinski definition) is 3. The van der Waals surface area contributed by atoms with Gasteiger partial charge in [0.25, 0.3) is 5.91 Å². The number of ether oxygens (including phenoxy) is 2. The van der Waals surface area contributed by atoms with Crippen LogP contribution in [0.15, 0.2) is 29.3 Å². The van der Waals surface area contributed by atoms with E-state index >= 15 is 0 Å². The fourth-order valence-corrected chi connectivity index (χ4v) is 2.92. The summed E-state index contributed by atoms with van der Waals surface area (Å²) >= 11 is 0. The van der Waals surface area contributed by atoms with Crippen molar-refractivity contribution in [2.75, 3.05) is 59.6 Å². The zero-order valence-electron chi connectivity index (χ0n) is 17.2. The van der Waals surface area contributed by atoms with Crippen LogP contribution >= 0.6 is 0 Å². The molecule has 8 nitrogen and oxygen atoms in total. The normalized spacial score (nSPS) is 16.3. The fraction of sp³-hybridized carbons (Fsp3) is 0.600. The first kappa shape index (κ1) is 22.0. The third-order valence-electron chi connectivity index (χ3n) is 4.56. The van der Waals surface area contributed by atoms with Crippen molar-refractivity contribution >= 4 is 11.9 Å². The van der Waals surface area contributed by atoms with Gasteiger partial charge in [-0.2, -0.15) is 0 Å². The number of carbonyl (C=O) groups is 1. The van der Waals surface area contributed by atoms with Gasteiger partial charge in [0.1, 0.15) is 5.75 Å². The molecule has 1 aliphatic rings. The molecule has 0 saturated carbocycles. The molecule has 1 atom stereocenters. The molecule has 1 saturated heterocycles. The highest BCUT2D eigenvalue weighted by atomic mass is 16.5.